The van der Waals surface area contributed by atoms with Crippen molar-refractivity contribution < 1.29 is 14.5 Å². The van der Waals surface area contributed by atoms with Gasteiger partial charge in [0.25, 0.3) is 5.69 Å². The Balaban J connectivity index is 2.01. The molecule has 0 aliphatic carbocycles. The molecule has 1 aromatic rings. The van der Waals surface area contributed by atoms with Crippen LogP contribution in [0.3, 0.4) is 0 Å². The Morgan fingerprint density at radius 1 is 1.58 bits per heavy atom. The van der Waals surface area contributed by atoms with Crippen LogP contribution in [0.2, 0.25) is 5.02 Å². The third kappa shape index (κ3) is 4.56. The zero-order valence-corrected chi connectivity index (χ0v) is 13.9. The van der Waals surface area contributed by atoms with Gasteiger partial charge in [0.15, 0.2) is 5.17 Å². The Morgan fingerprint density at radius 2 is 2.33 bits per heavy atom. The van der Waals surface area contributed by atoms with Crippen molar-refractivity contribution in [1.29, 1.82) is 0 Å². The van der Waals surface area contributed by atoms with Crippen LogP contribution in [-0.4, -0.2) is 33.7 Å². The van der Waals surface area contributed by atoms with E-state index in [1.54, 1.807) is 6.08 Å². The molecule has 24 heavy (non-hydrogen) atoms. The quantitative estimate of drug-likeness (QED) is 0.454. The van der Waals surface area contributed by atoms with E-state index in [0.29, 0.717) is 11.7 Å². The highest BCUT2D eigenvalue weighted by atomic mass is 35.5. The van der Waals surface area contributed by atoms with E-state index in [1.807, 2.05) is 0 Å². The zero-order chi connectivity index (χ0) is 17.7. The molecule has 1 aromatic carbocycles. The molecule has 10 heteroatoms. The predicted octanol–water partition coefficient (Wildman–Crippen LogP) is 2.35. The number of thioether (sulfide) groups is 1. The molecule has 0 spiro atoms. The number of hydrogen-bond acceptors (Lipinski definition) is 6. The molecule has 2 rings (SSSR count). The van der Waals surface area contributed by atoms with E-state index in [0.717, 1.165) is 11.8 Å². The summed E-state index contributed by atoms with van der Waals surface area (Å²) >= 11 is 7.07. The van der Waals surface area contributed by atoms with Crippen LogP contribution >= 0.6 is 23.4 Å². The number of anilines is 1. The first-order valence-corrected chi connectivity index (χ1v) is 8.03. The molecular formula is C14H13ClN4O4S. The molecule has 1 aliphatic heterocycles. The van der Waals surface area contributed by atoms with Gasteiger partial charge in [-0.1, -0.05) is 29.4 Å². The molecule has 1 atom stereocenters. The van der Waals surface area contributed by atoms with Crippen molar-refractivity contribution in [3.05, 3.63) is 46.0 Å². The number of nitrogens with one attached hydrogen (secondary N) is 2. The number of carbonyl (C=O) groups excluding carboxylic acids is 2. The van der Waals surface area contributed by atoms with Crippen molar-refractivity contribution in [1.82, 2.24) is 5.32 Å². The monoisotopic (exact) mass is 368 g/mol. The molecule has 8 nitrogen and oxygen atoms in total. The summed E-state index contributed by atoms with van der Waals surface area (Å²) in [5.74, 6) is -0.793. The molecule has 0 aromatic heterocycles. The summed E-state index contributed by atoms with van der Waals surface area (Å²) in [6, 6.07) is 3.73. The van der Waals surface area contributed by atoms with Crippen LogP contribution in [-0.2, 0) is 9.59 Å². The fourth-order valence-corrected chi connectivity index (χ4v) is 3.00. The number of amides is 2. The number of rotatable bonds is 6. The average Bonchev–Trinajstić information content (AvgIpc) is 2.87. The molecule has 1 heterocycles. The number of nitro benzene ring substituents is 1. The third-order valence-corrected chi connectivity index (χ3v) is 4.40. The van der Waals surface area contributed by atoms with Crippen molar-refractivity contribution in [3.8, 4) is 0 Å². The standard InChI is InChI=1S/C14H13ClN4O4S/c1-2-5-16-14-18-13(21)11(24-14)7-12(20)17-10-6-8(19(22)23)3-4-9(10)15/h2-4,6,11H,1,5,7H2,(H,17,20)(H,16,18,21). The van der Waals surface area contributed by atoms with Gasteiger partial charge in [0.05, 0.1) is 22.2 Å². The highest BCUT2D eigenvalue weighted by Gasteiger charge is 2.32. The summed E-state index contributed by atoms with van der Waals surface area (Å²) in [5, 5.41) is 15.8. The molecule has 0 saturated carbocycles. The fraction of sp³-hybridized carbons (Fsp3) is 0.214. The fourth-order valence-electron chi connectivity index (χ4n) is 1.85. The summed E-state index contributed by atoms with van der Waals surface area (Å²) < 4.78 is 0. The molecule has 1 unspecified atom stereocenters. The number of nitro groups is 1. The van der Waals surface area contributed by atoms with Crippen molar-refractivity contribution in [2.24, 2.45) is 4.99 Å². The highest BCUT2D eigenvalue weighted by molar-refractivity contribution is 8.15. The molecule has 126 valence electrons. The van der Waals surface area contributed by atoms with Gasteiger partial charge in [-0.3, -0.25) is 24.7 Å². The minimum absolute atomic E-state index is 0.109. The lowest BCUT2D eigenvalue weighted by molar-refractivity contribution is -0.384. The molecule has 1 fully saturated rings. The van der Waals surface area contributed by atoms with Crippen molar-refractivity contribution >= 4 is 51.7 Å². The van der Waals surface area contributed by atoms with E-state index in [-0.39, 0.29) is 28.7 Å². The van der Waals surface area contributed by atoms with Crippen LogP contribution < -0.4 is 10.6 Å². The van der Waals surface area contributed by atoms with Gasteiger partial charge >= 0.3 is 0 Å². The van der Waals surface area contributed by atoms with E-state index < -0.39 is 16.1 Å². The van der Waals surface area contributed by atoms with E-state index in [9.17, 15) is 19.7 Å². The maximum atomic E-state index is 12.1. The number of non-ortho nitro benzene ring substituents is 1. The molecule has 0 radical (unpaired) electrons. The molecular weight excluding hydrogens is 356 g/mol. The number of hydrogen-bond donors (Lipinski definition) is 2. The summed E-state index contributed by atoms with van der Waals surface area (Å²) in [6.45, 7) is 3.89. The maximum Gasteiger partial charge on any atom is 0.271 e. The first-order valence-electron chi connectivity index (χ1n) is 6.77. The van der Waals surface area contributed by atoms with Crippen molar-refractivity contribution in [2.75, 3.05) is 11.9 Å². The first-order chi connectivity index (χ1) is 11.4. The molecule has 0 bridgehead atoms. The van der Waals surface area contributed by atoms with E-state index in [2.05, 4.69) is 22.2 Å². The van der Waals surface area contributed by atoms with Crippen LogP contribution in [0.5, 0.6) is 0 Å². The second kappa shape index (κ2) is 7.93. The van der Waals surface area contributed by atoms with Crippen LogP contribution in [0, 0.1) is 10.1 Å². The number of carbonyl (C=O) groups is 2. The summed E-state index contributed by atoms with van der Waals surface area (Å²) in [7, 11) is 0. The molecule has 1 aliphatic rings. The van der Waals surface area contributed by atoms with Crippen molar-refractivity contribution in [3.63, 3.8) is 0 Å². The van der Waals surface area contributed by atoms with Crippen LogP contribution in [0.15, 0.2) is 35.8 Å². The van der Waals surface area contributed by atoms with Gasteiger partial charge in [-0.2, -0.15) is 0 Å². The maximum absolute atomic E-state index is 12.1. The number of halogens is 1. The second-order valence-corrected chi connectivity index (χ2v) is 6.30. The van der Waals surface area contributed by atoms with Crippen molar-refractivity contribution in [2.45, 2.75) is 11.7 Å². The van der Waals surface area contributed by atoms with E-state index in [1.165, 1.54) is 18.2 Å². The van der Waals surface area contributed by atoms with Gasteiger partial charge in [0, 0.05) is 18.6 Å². The number of nitrogens with zero attached hydrogens (tertiary/aromatic N) is 2. The van der Waals surface area contributed by atoms with Crippen LogP contribution in [0.1, 0.15) is 6.42 Å². The Bertz CT molecular complexity index is 737. The van der Waals surface area contributed by atoms with E-state index >= 15 is 0 Å². The normalized spacial score (nSPS) is 18.3. The third-order valence-electron chi connectivity index (χ3n) is 2.95. The number of benzene rings is 1. The van der Waals surface area contributed by atoms with Gasteiger partial charge in [-0.15, -0.1) is 6.58 Å². The summed E-state index contributed by atoms with van der Waals surface area (Å²) in [6.07, 6.45) is 1.48. The topological polar surface area (TPSA) is 114 Å². The average molecular weight is 369 g/mol. The highest BCUT2D eigenvalue weighted by Crippen LogP contribution is 2.28. The summed E-state index contributed by atoms with van der Waals surface area (Å²) in [4.78, 5) is 38.2. The number of aliphatic imine (C=N–C) groups is 1. The Morgan fingerprint density at radius 3 is 3.00 bits per heavy atom. The zero-order valence-electron chi connectivity index (χ0n) is 12.3. The Kier molecular flexibility index (Phi) is 5.93. The second-order valence-electron chi connectivity index (χ2n) is 4.70. The van der Waals surface area contributed by atoms with Gasteiger partial charge in [0.2, 0.25) is 11.8 Å². The summed E-state index contributed by atoms with van der Waals surface area (Å²) in [5.41, 5.74) is -0.0682. The smallest absolute Gasteiger partial charge is 0.271 e. The molecule has 2 amide bonds. The van der Waals surface area contributed by atoms with Crippen LogP contribution in [0.4, 0.5) is 11.4 Å². The Labute approximate surface area is 146 Å². The first kappa shape index (κ1) is 18.0. The van der Waals surface area contributed by atoms with Gasteiger partial charge in [-0.25, -0.2) is 0 Å². The minimum Gasteiger partial charge on any atom is -0.325 e. The predicted molar refractivity (Wildman–Crippen MR) is 93.4 cm³/mol. The Hall–Kier alpha value is -2.39. The minimum atomic E-state index is -0.619. The number of amidine groups is 1. The SMILES string of the molecule is C=CCN=C1NC(=O)C(CC(=O)Nc2cc([N+](=O)[O-])ccc2Cl)S1. The van der Waals surface area contributed by atoms with E-state index in [4.69, 9.17) is 11.6 Å². The lowest BCUT2D eigenvalue weighted by Crippen LogP contribution is -2.28. The van der Waals surface area contributed by atoms with Gasteiger partial charge < -0.3 is 10.6 Å². The molecule has 1 saturated heterocycles. The molecule has 2 N–H and O–H groups in total. The van der Waals surface area contributed by atoms with Gasteiger partial charge in [0.1, 0.15) is 5.25 Å². The van der Waals surface area contributed by atoms with Gasteiger partial charge in [-0.05, 0) is 6.07 Å². The van der Waals surface area contributed by atoms with Crippen LogP contribution in [0.25, 0.3) is 0 Å². The lowest BCUT2D eigenvalue weighted by atomic mass is 10.2. The largest absolute Gasteiger partial charge is 0.325 e. The lowest BCUT2D eigenvalue weighted by Gasteiger charge is -2.08.